The van der Waals surface area contributed by atoms with Crippen molar-refractivity contribution in [2.75, 3.05) is 6.54 Å². The highest BCUT2D eigenvalue weighted by Crippen LogP contribution is 2.24. The molecule has 1 N–H and O–H groups in total. The summed E-state index contributed by atoms with van der Waals surface area (Å²) in [5.41, 5.74) is 1.19. The lowest BCUT2D eigenvalue weighted by atomic mass is 9.90. The van der Waals surface area contributed by atoms with E-state index in [0.717, 1.165) is 19.4 Å². The van der Waals surface area contributed by atoms with Gasteiger partial charge < -0.3 is 5.32 Å². The molecule has 1 aliphatic rings. The third kappa shape index (κ3) is 2.29. The van der Waals surface area contributed by atoms with Crippen LogP contribution >= 0.6 is 0 Å². The van der Waals surface area contributed by atoms with Crippen LogP contribution in [0.5, 0.6) is 0 Å². The molecule has 2 unspecified atom stereocenters. The van der Waals surface area contributed by atoms with Crippen molar-refractivity contribution in [3.63, 3.8) is 0 Å². The predicted octanol–water partition coefficient (Wildman–Crippen LogP) is 2.04. The minimum absolute atomic E-state index is 0.0289. The first-order chi connectivity index (χ1) is 5.24. The molecule has 0 aromatic heterocycles. The van der Waals surface area contributed by atoms with Gasteiger partial charge in [0.25, 0.3) is 0 Å². The Morgan fingerprint density at radius 1 is 1.73 bits per heavy atom. The minimum Gasteiger partial charge on any atom is -0.311 e. The molecule has 2 heteroatoms. The summed E-state index contributed by atoms with van der Waals surface area (Å²) in [5.74, 6) is 0. The molecule has 2 atom stereocenters. The molecule has 0 heterocycles. The highest BCUT2D eigenvalue weighted by molar-refractivity contribution is 5.04. The van der Waals surface area contributed by atoms with E-state index in [1.807, 2.05) is 6.92 Å². The van der Waals surface area contributed by atoms with Gasteiger partial charge >= 0.3 is 0 Å². The molecule has 0 aromatic carbocycles. The normalized spacial score (nSPS) is 32.4. The Morgan fingerprint density at radius 2 is 2.45 bits per heavy atom. The SMILES string of the molecule is C=C1CCC(F)C(NCC)C1. The summed E-state index contributed by atoms with van der Waals surface area (Å²) in [6, 6.07) is 0.0289. The van der Waals surface area contributed by atoms with Crippen LogP contribution in [0.1, 0.15) is 26.2 Å². The van der Waals surface area contributed by atoms with E-state index in [9.17, 15) is 4.39 Å². The minimum atomic E-state index is -0.666. The van der Waals surface area contributed by atoms with Crippen molar-refractivity contribution in [2.45, 2.75) is 38.4 Å². The van der Waals surface area contributed by atoms with Crippen LogP contribution in [-0.2, 0) is 0 Å². The second-order valence-electron chi connectivity index (χ2n) is 3.17. The molecule has 0 bridgehead atoms. The van der Waals surface area contributed by atoms with Crippen molar-refractivity contribution in [2.24, 2.45) is 0 Å². The number of hydrogen-bond donors (Lipinski definition) is 1. The monoisotopic (exact) mass is 157 g/mol. The van der Waals surface area contributed by atoms with E-state index in [-0.39, 0.29) is 6.04 Å². The van der Waals surface area contributed by atoms with Crippen LogP contribution in [0.3, 0.4) is 0 Å². The van der Waals surface area contributed by atoms with Gasteiger partial charge in [0.05, 0.1) is 0 Å². The molecule has 0 radical (unpaired) electrons. The molecular weight excluding hydrogens is 141 g/mol. The van der Waals surface area contributed by atoms with Gasteiger partial charge in [-0.05, 0) is 25.8 Å². The van der Waals surface area contributed by atoms with Crippen LogP contribution in [0.15, 0.2) is 12.2 Å². The molecule has 11 heavy (non-hydrogen) atoms. The third-order valence-corrected chi connectivity index (χ3v) is 2.19. The van der Waals surface area contributed by atoms with Crippen molar-refractivity contribution in [1.29, 1.82) is 0 Å². The van der Waals surface area contributed by atoms with E-state index < -0.39 is 6.17 Å². The first kappa shape index (κ1) is 8.72. The number of alkyl halides is 1. The van der Waals surface area contributed by atoms with Crippen molar-refractivity contribution in [3.8, 4) is 0 Å². The quantitative estimate of drug-likeness (QED) is 0.605. The Hall–Kier alpha value is -0.370. The Morgan fingerprint density at radius 3 is 3.09 bits per heavy atom. The Labute approximate surface area is 67.7 Å². The first-order valence-corrected chi connectivity index (χ1v) is 4.28. The zero-order valence-electron chi connectivity index (χ0n) is 7.07. The molecule has 0 spiro atoms. The molecule has 0 aromatic rings. The van der Waals surface area contributed by atoms with Crippen LogP contribution in [0.4, 0.5) is 4.39 Å². The molecule has 0 saturated heterocycles. The van der Waals surface area contributed by atoms with Gasteiger partial charge in [0, 0.05) is 6.04 Å². The molecule has 1 rings (SSSR count). The third-order valence-electron chi connectivity index (χ3n) is 2.19. The lowest BCUT2D eigenvalue weighted by molar-refractivity contribution is 0.215. The standard InChI is InChI=1S/C9H16FN/c1-3-11-9-6-7(2)4-5-8(9)10/h8-9,11H,2-6H2,1H3. The highest BCUT2D eigenvalue weighted by Gasteiger charge is 2.25. The Kier molecular flexibility index (Phi) is 3.06. The Bertz CT molecular complexity index is 144. The smallest absolute Gasteiger partial charge is 0.116 e. The fourth-order valence-electron chi connectivity index (χ4n) is 1.55. The lowest BCUT2D eigenvalue weighted by Crippen LogP contribution is -2.40. The molecule has 1 aliphatic carbocycles. The van der Waals surface area contributed by atoms with Gasteiger partial charge in [-0.2, -0.15) is 0 Å². The van der Waals surface area contributed by atoms with Gasteiger partial charge in [-0.1, -0.05) is 19.1 Å². The molecule has 0 aliphatic heterocycles. The van der Waals surface area contributed by atoms with E-state index in [1.165, 1.54) is 5.57 Å². The van der Waals surface area contributed by atoms with Gasteiger partial charge in [-0.25, -0.2) is 4.39 Å². The Balaban J connectivity index is 2.40. The molecule has 1 saturated carbocycles. The van der Waals surface area contributed by atoms with Crippen molar-refractivity contribution >= 4 is 0 Å². The van der Waals surface area contributed by atoms with Crippen molar-refractivity contribution < 1.29 is 4.39 Å². The van der Waals surface area contributed by atoms with E-state index in [4.69, 9.17) is 0 Å². The van der Waals surface area contributed by atoms with Crippen molar-refractivity contribution in [3.05, 3.63) is 12.2 Å². The largest absolute Gasteiger partial charge is 0.311 e. The van der Waals surface area contributed by atoms with Crippen LogP contribution in [0.2, 0.25) is 0 Å². The van der Waals surface area contributed by atoms with Gasteiger partial charge in [-0.15, -0.1) is 0 Å². The maximum Gasteiger partial charge on any atom is 0.116 e. The van der Waals surface area contributed by atoms with Crippen molar-refractivity contribution in [1.82, 2.24) is 5.32 Å². The number of rotatable bonds is 2. The topological polar surface area (TPSA) is 12.0 Å². The molecule has 0 amide bonds. The number of nitrogens with one attached hydrogen (secondary N) is 1. The van der Waals surface area contributed by atoms with Gasteiger partial charge in [0.15, 0.2) is 0 Å². The summed E-state index contributed by atoms with van der Waals surface area (Å²) < 4.78 is 13.1. The van der Waals surface area contributed by atoms with Gasteiger partial charge in [0.2, 0.25) is 0 Å². The van der Waals surface area contributed by atoms with E-state index >= 15 is 0 Å². The van der Waals surface area contributed by atoms with Crippen LogP contribution in [0, 0.1) is 0 Å². The van der Waals surface area contributed by atoms with Crippen LogP contribution in [-0.4, -0.2) is 18.8 Å². The van der Waals surface area contributed by atoms with Crippen LogP contribution in [0.25, 0.3) is 0 Å². The van der Waals surface area contributed by atoms with Gasteiger partial charge in [-0.3, -0.25) is 0 Å². The molecular formula is C9H16FN. The second-order valence-corrected chi connectivity index (χ2v) is 3.17. The molecule has 1 fully saturated rings. The summed E-state index contributed by atoms with van der Waals surface area (Å²) >= 11 is 0. The fourth-order valence-corrected chi connectivity index (χ4v) is 1.55. The lowest BCUT2D eigenvalue weighted by Gasteiger charge is -2.27. The van der Waals surface area contributed by atoms with E-state index in [0.29, 0.717) is 6.42 Å². The number of hydrogen-bond acceptors (Lipinski definition) is 1. The fraction of sp³-hybridized carbons (Fsp3) is 0.778. The van der Waals surface area contributed by atoms with Gasteiger partial charge in [0.1, 0.15) is 6.17 Å². The summed E-state index contributed by atoms with van der Waals surface area (Å²) in [5, 5.41) is 3.13. The summed E-state index contributed by atoms with van der Waals surface area (Å²) in [6.45, 7) is 6.72. The first-order valence-electron chi connectivity index (χ1n) is 4.28. The number of halogens is 1. The predicted molar refractivity (Wildman–Crippen MR) is 45.4 cm³/mol. The molecule has 64 valence electrons. The summed E-state index contributed by atoms with van der Waals surface area (Å²) in [4.78, 5) is 0. The summed E-state index contributed by atoms with van der Waals surface area (Å²) in [6.07, 6.45) is 1.66. The maximum absolute atomic E-state index is 13.1. The zero-order chi connectivity index (χ0) is 8.27. The van der Waals surface area contributed by atoms with Crippen LogP contribution < -0.4 is 5.32 Å². The average molecular weight is 157 g/mol. The molecule has 1 nitrogen and oxygen atoms in total. The average Bonchev–Trinajstić information content (AvgIpc) is 1.98. The zero-order valence-corrected chi connectivity index (χ0v) is 7.07. The summed E-state index contributed by atoms with van der Waals surface area (Å²) in [7, 11) is 0. The highest BCUT2D eigenvalue weighted by atomic mass is 19.1. The second kappa shape index (κ2) is 3.86. The van der Waals surface area contributed by atoms with E-state index in [1.54, 1.807) is 0 Å². The maximum atomic E-state index is 13.1. The van der Waals surface area contributed by atoms with E-state index in [2.05, 4.69) is 11.9 Å².